The molecule has 0 heterocycles. The molecule has 0 aromatic carbocycles. The van der Waals surface area contributed by atoms with E-state index in [2.05, 4.69) is 9.47 Å². The fraction of sp³-hybridized carbons (Fsp3) is 0.600. The van der Waals surface area contributed by atoms with Crippen LogP contribution in [-0.2, 0) is 19.1 Å². The molecule has 0 aromatic rings. The van der Waals surface area contributed by atoms with Crippen molar-refractivity contribution in [2.45, 2.75) is 40.8 Å². The van der Waals surface area contributed by atoms with Crippen molar-refractivity contribution in [3.05, 3.63) is 23.0 Å². The number of hydrogen-bond acceptors (Lipinski definition) is 5. The van der Waals surface area contributed by atoms with Gasteiger partial charge in [-0.3, -0.25) is 0 Å². The van der Waals surface area contributed by atoms with Crippen LogP contribution >= 0.6 is 0 Å². The molecule has 0 aliphatic rings. The van der Waals surface area contributed by atoms with Crippen molar-refractivity contribution in [1.29, 1.82) is 0 Å². The number of allylic oxidation sites excluding steroid dienone is 3. The average Bonchev–Trinajstić information content (AvgIpc) is 2.36. The van der Waals surface area contributed by atoms with Gasteiger partial charge in [-0.15, -0.1) is 0 Å². The van der Waals surface area contributed by atoms with Gasteiger partial charge in [-0.2, -0.15) is 13.2 Å². The van der Waals surface area contributed by atoms with Gasteiger partial charge in [-0.1, -0.05) is 20.8 Å². The van der Waals surface area contributed by atoms with E-state index in [9.17, 15) is 27.9 Å². The van der Waals surface area contributed by atoms with Crippen LogP contribution < -0.4 is 0 Å². The minimum absolute atomic E-state index is 0.220. The molecular formula is C15H21F3O5. The molecule has 0 saturated carbocycles. The first-order chi connectivity index (χ1) is 10.4. The van der Waals surface area contributed by atoms with Crippen molar-refractivity contribution >= 4 is 11.9 Å². The largest absolute Gasteiger partial charge is 0.512 e. The quantitative estimate of drug-likeness (QED) is 0.208. The number of esters is 2. The number of rotatable bonds is 5. The summed E-state index contributed by atoms with van der Waals surface area (Å²) in [5, 5.41) is 9.81. The first kappa shape index (κ1) is 21.0. The van der Waals surface area contributed by atoms with Crippen molar-refractivity contribution in [2.24, 2.45) is 5.41 Å². The summed E-state index contributed by atoms with van der Waals surface area (Å²) in [4.78, 5) is 23.6. The van der Waals surface area contributed by atoms with E-state index in [1.54, 1.807) is 0 Å². The monoisotopic (exact) mass is 338 g/mol. The molecule has 0 rings (SSSR count). The van der Waals surface area contributed by atoms with Crippen LogP contribution in [0.2, 0.25) is 0 Å². The number of aliphatic hydroxyl groups excluding tert-OH is 1. The second-order valence-electron chi connectivity index (χ2n) is 5.51. The zero-order valence-corrected chi connectivity index (χ0v) is 13.7. The minimum atomic E-state index is -5.06. The van der Waals surface area contributed by atoms with Crippen molar-refractivity contribution in [3.63, 3.8) is 0 Å². The SMILES string of the molecule is CCOC(=O)C(C(=O)OCC)=C(/C=C(\O)C(C)(C)C)C(F)(F)F. The second kappa shape index (κ2) is 8.03. The number of alkyl halides is 3. The molecule has 0 saturated heterocycles. The number of carbonyl (C=O) groups excluding carboxylic acids is 2. The molecule has 0 aromatic heterocycles. The summed E-state index contributed by atoms with van der Waals surface area (Å²) in [7, 11) is 0. The smallest absolute Gasteiger partial charge is 0.417 e. The highest BCUT2D eigenvalue weighted by molar-refractivity contribution is 6.15. The lowest BCUT2D eigenvalue weighted by Crippen LogP contribution is -2.26. The van der Waals surface area contributed by atoms with Crippen LogP contribution in [0.4, 0.5) is 13.2 Å². The third-order valence-electron chi connectivity index (χ3n) is 2.58. The summed E-state index contributed by atoms with van der Waals surface area (Å²) in [6.07, 6.45) is -4.71. The average molecular weight is 338 g/mol. The van der Waals surface area contributed by atoms with E-state index in [0.717, 1.165) is 0 Å². The molecule has 0 aliphatic carbocycles. The van der Waals surface area contributed by atoms with Gasteiger partial charge in [0.25, 0.3) is 0 Å². The molecule has 0 spiro atoms. The first-order valence-corrected chi connectivity index (χ1v) is 6.93. The molecule has 0 unspecified atom stereocenters. The van der Waals surface area contributed by atoms with Gasteiger partial charge in [-0.05, 0) is 19.9 Å². The summed E-state index contributed by atoms with van der Waals surface area (Å²) in [5.41, 5.74) is -3.91. The fourth-order valence-electron chi connectivity index (χ4n) is 1.36. The van der Waals surface area contributed by atoms with E-state index < -0.39 is 40.4 Å². The molecule has 0 atom stereocenters. The summed E-state index contributed by atoms with van der Waals surface area (Å²) in [5.74, 6) is -3.57. The van der Waals surface area contributed by atoms with Crippen LogP contribution in [-0.4, -0.2) is 36.4 Å². The lowest BCUT2D eigenvalue weighted by Gasteiger charge is -2.20. The maximum Gasteiger partial charge on any atom is 0.417 e. The predicted octanol–water partition coefficient (Wildman–Crippen LogP) is 3.46. The number of hydrogen-bond donors (Lipinski definition) is 1. The van der Waals surface area contributed by atoms with Crippen LogP contribution in [0.5, 0.6) is 0 Å². The number of halogens is 3. The highest BCUT2D eigenvalue weighted by Gasteiger charge is 2.41. The summed E-state index contributed by atoms with van der Waals surface area (Å²) in [6.45, 7) is 6.75. The lowest BCUT2D eigenvalue weighted by atomic mass is 9.91. The molecule has 23 heavy (non-hydrogen) atoms. The molecule has 0 bridgehead atoms. The second-order valence-corrected chi connectivity index (χ2v) is 5.51. The lowest BCUT2D eigenvalue weighted by molar-refractivity contribution is -0.148. The molecule has 0 amide bonds. The van der Waals surface area contributed by atoms with Gasteiger partial charge in [0, 0.05) is 5.41 Å². The number of ether oxygens (including phenoxy) is 2. The Morgan fingerprint density at radius 3 is 1.65 bits per heavy atom. The van der Waals surface area contributed by atoms with Crippen molar-refractivity contribution in [2.75, 3.05) is 13.2 Å². The highest BCUT2D eigenvalue weighted by Crippen LogP contribution is 2.34. The number of aliphatic hydroxyl groups is 1. The summed E-state index contributed by atoms with van der Waals surface area (Å²) >= 11 is 0. The molecule has 0 aliphatic heterocycles. The van der Waals surface area contributed by atoms with Crippen LogP contribution in [0.3, 0.4) is 0 Å². The van der Waals surface area contributed by atoms with Crippen molar-refractivity contribution < 1.29 is 37.3 Å². The zero-order valence-electron chi connectivity index (χ0n) is 13.7. The standard InChI is InChI=1S/C15H21F3O5/c1-6-22-12(20)11(13(21)23-7-2)9(15(16,17)18)8-10(19)14(3,4)5/h8,19H,6-7H2,1-5H3/b10-8-. The van der Waals surface area contributed by atoms with Gasteiger partial charge in [0.05, 0.1) is 24.5 Å². The summed E-state index contributed by atoms with van der Waals surface area (Å²) in [6, 6.07) is 0. The van der Waals surface area contributed by atoms with E-state index in [-0.39, 0.29) is 13.2 Å². The van der Waals surface area contributed by atoms with Crippen molar-refractivity contribution in [1.82, 2.24) is 0 Å². The Balaban J connectivity index is 6.41. The van der Waals surface area contributed by atoms with Crippen LogP contribution in [0.15, 0.2) is 23.0 Å². The predicted molar refractivity (Wildman–Crippen MR) is 76.5 cm³/mol. The third-order valence-corrected chi connectivity index (χ3v) is 2.58. The molecule has 1 N–H and O–H groups in total. The van der Waals surface area contributed by atoms with Crippen LogP contribution in [0, 0.1) is 5.41 Å². The van der Waals surface area contributed by atoms with E-state index in [4.69, 9.17) is 0 Å². The van der Waals surface area contributed by atoms with Crippen molar-refractivity contribution in [3.8, 4) is 0 Å². The zero-order chi connectivity index (χ0) is 18.4. The Labute approximate surface area is 132 Å². The molecule has 0 radical (unpaired) electrons. The molecule has 5 nitrogen and oxygen atoms in total. The highest BCUT2D eigenvalue weighted by atomic mass is 19.4. The Bertz CT molecular complexity index is 490. The van der Waals surface area contributed by atoms with E-state index in [1.807, 2.05) is 0 Å². The van der Waals surface area contributed by atoms with E-state index in [1.165, 1.54) is 34.6 Å². The maximum absolute atomic E-state index is 13.3. The summed E-state index contributed by atoms with van der Waals surface area (Å²) < 4.78 is 48.9. The third kappa shape index (κ3) is 6.33. The topological polar surface area (TPSA) is 72.8 Å². The Kier molecular flexibility index (Phi) is 7.33. The van der Waals surface area contributed by atoms with Gasteiger partial charge in [0.2, 0.25) is 0 Å². The van der Waals surface area contributed by atoms with Crippen LogP contribution in [0.25, 0.3) is 0 Å². The Hall–Kier alpha value is -1.99. The molecule has 8 heteroatoms. The number of carbonyl (C=O) groups is 2. The normalized spacial score (nSPS) is 12.6. The fourth-order valence-corrected chi connectivity index (χ4v) is 1.36. The van der Waals surface area contributed by atoms with Gasteiger partial charge < -0.3 is 14.6 Å². The van der Waals surface area contributed by atoms with Gasteiger partial charge in [0.1, 0.15) is 0 Å². The van der Waals surface area contributed by atoms with Gasteiger partial charge >= 0.3 is 18.1 Å². The maximum atomic E-state index is 13.3. The Morgan fingerprint density at radius 1 is 1.00 bits per heavy atom. The molecule has 132 valence electrons. The minimum Gasteiger partial charge on any atom is -0.512 e. The van der Waals surface area contributed by atoms with E-state index >= 15 is 0 Å². The van der Waals surface area contributed by atoms with Gasteiger partial charge in [-0.25, -0.2) is 9.59 Å². The molecular weight excluding hydrogens is 317 g/mol. The van der Waals surface area contributed by atoms with E-state index in [0.29, 0.717) is 6.08 Å². The molecule has 0 fully saturated rings. The Morgan fingerprint density at radius 2 is 1.39 bits per heavy atom. The van der Waals surface area contributed by atoms with Crippen LogP contribution in [0.1, 0.15) is 34.6 Å². The first-order valence-electron chi connectivity index (χ1n) is 6.93. The van der Waals surface area contributed by atoms with Gasteiger partial charge in [0.15, 0.2) is 5.57 Å².